The van der Waals surface area contributed by atoms with Crippen LogP contribution in [0.4, 0.5) is 10.1 Å². The van der Waals surface area contributed by atoms with E-state index in [-0.39, 0.29) is 34.5 Å². The molecule has 156 valence electrons. The molecule has 1 heterocycles. The van der Waals surface area contributed by atoms with Crippen LogP contribution in [0.5, 0.6) is 5.75 Å². The normalized spacial score (nSPS) is 21.0. The van der Waals surface area contributed by atoms with E-state index in [1.54, 1.807) is 12.0 Å². The van der Waals surface area contributed by atoms with E-state index >= 15 is 0 Å². The first-order valence-corrected chi connectivity index (χ1v) is 10.3. The number of allylic oxidation sites excluding steroid dienone is 2. The van der Waals surface area contributed by atoms with Gasteiger partial charge in [0, 0.05) is 35.6 Å². The Hall–Kier alpha value is -2.66. The van der Waals surface area contributed by atoms with E-state index in [4.69, 9.17) is 16.3 Å². The molecule has 0 N–H and O–H groups in total. The van der Waals surface area contributed by atoms with Crippen LogP contribution in [0.15, 0.2) is 53.7 Å². The summed E-state index contributed by atoms with van der Waals surface area (Å²) in [6.07, 6.45) is 1.09. The smallest absolute Gasteiger partial charge is 0.232 e. The number of ether oxygens (including phenoxy) is 1. The summed E-state index contributed by atoms with van der Waals surface area (Å²) in [6, 6.07) is 11.7. The third-order valence-corrected chi connectivity index (χ3v) is 6.11. The number of amides is 1. The fourth-order valence-electron chi connectivity index (χ4n) is 4.56. The Labute approximate surface area is 180 Å². The first-order chi connectivity index (χ1) is 14.2. The third-order valence-electron chi connectivity index (χ3n) is 5.82. The molecule has 4 nitrogen and oxygen atoms in total. The van der Waals surface area contributed by atoms with E-state index in [2.05, 4.69) is 0 Å². The molecule has 1 aliphatic carbocycles. The van der Waals surface area contributed by atoms with Crippen LogP contribution in [0.3, 0.4) is 0 Å². The second-order valence-electron chi connectivity index (χ2n) is 8.63. The van der Waals surface area contributed by atoms with Crippen molar-refractivity contribution >= 4 is 29.0 Å². The van der Waals surface area contributed by atoms with Gasteiger partial charge in [0.25, 0.3) is 0 Å². The lowest BCUT2D eigenvalue weighted by molar-refractivity contribution is -0.121. The molecule has 1 amide bonds. The van der Waals surface area contributed by atoms with Crippen molar-refractivity contribution in [3.63, 3.8) is 0 Å². The Bertz CT molecular complexity index is 1080. The molecule has 0 spiro atoms. The number of para-hydroxylation sites is 1. The van der Waals surface area contributed by atoms with Gasteiger partial charge < -0.3 is 4.74 Å². The number of methoxy groups -OCH3 is 1. The summed E-state index contributed by atoms with van der Waals surface area (Å²) in [5.74, 6) is -0.399. The Morgan fingerprint density at radius 2 is 1.87 bits per heavy atom. The lowest BCUT2D eigenvalue weighted by atomic mass is 9.69. The van der Waals surface area contributed by atoms with Gasteiger partial charge in [-0.3, -0.25) is 14.5 Å². The van der Waals surface area contributed by atoms with E-state index in [9.17, 15) is 14.0 Å². The van der Waals surface area contributed by atoms with Crippen molar-refractivity contribution < 1.29 is 18.7 Å². The summed E-state index contributed by atoms with van der Waals surface area (Å²) >= 11 is 5.99. The highest BCUT2D eigenvalue weighted by molar-refractivity contribution is 6.31. The van der Waals surface area contributed by atoms with Crippen molar-refractivity contribution in [2.45, 2.75) is 39.0 Å². The van der Waals surface area contributed by atoms with Crippen LogP contribution in [-0.4, -0.2) is 18.8 Å². The second-order valence-corrected chi connectivity index (χ2v) is 9.03. The van der Waals surface area contributed by atoms with E-state index in [0.29, 0.717) is 35.5 Å². The number of anilines is 1. The summed E-state index contributed by atoms with van der Waals surface area (Å²) in [5, 5.41) is -0.0595. The number of benzene rings is 2. The first kappa shape index (κ1) is 20.6. The van der Waals surface area contributed by atoms with E-state index in [1.807, 2.05) is 38.1 Å². The number of hydrogen-bond donors (Lipinski definition) is 0. The van der Waals surface area contributed by atoms with Crippen LogP contribution in [0.25, 0.3) is 0 Å². The molecular formula is C24H23ClFNO3. The maximum absolute atomic E-state index is 13.7. The lowest BCUT2D eigenvalue weighted by Crippen LogP contribution is -2.43. The Kier molecular flexibility index (Phi) is 5.18. The van der Waals surface area contributed by atoms with Gasteiger partial charge in [0.15, 0.2) is 5.78 Å². The molecule has 1 aliphatic heterocycles. The highest BCUT2D eigenvalue weighted by Crippen LogP contribution is 2.49. The average molecular weight is 428 g/mol. The topological polar surface area (TPSA) is 46.6 Å². The Morgan fingerprint density at radius 3 is 2.57 bits per heavy atom. The number of carbonyl (C=O) groups is 2. The van der Waals surface area contributed by atoms with Gasteiger partial charge in [0.2, 0.25) is 5.91 Å². The van der Waals surface area contributed by atoms with Gasteiger partial charge >= 0.3 is 0 Å². The van der Waals surface area contributed by atoms with E-state index < -0.39 is 5.82 Å². The number of rotatable bonds is 3. The highest BCUT2D eigenvalue weighted by atomic mass is 35.5. The van der Waals surface area contributed by atoms with Gasteiger partial charge in [-0.2, -0.15) is 0 Å². The van der Waals surface area contributed by atoms with Gasteiger partial charge in [-0.05, 0) is 36.1 Å². The Balaban J connectivity index is 1.92. The predicted octanol–water partition coefficient (Wildman–Crippen LogP) is 5.65. The van der Waals surface area contributed by atoms with Crippen LogP contribution in [0.2, 0.25) is 5.02 Å². The van der Waals surface area contributed by atoms with Gasteiger partial charge in [-0.1, -0.05) is 43.6 Å². The molecule has 6 heteroatoms. The number of carbonyl (C=O) groups excluding carboxylic acids is 2. The molecule has 0 aromatic heterocycles. The minimum atomic E-state index is -0.550. The minimum absolute atomic E-state index is 0.0304. The van der Waals surface area contributed by atoms with Crippen LogP contribution in [0, 0.1) is 11.2 Å². The van der Waals surface area contributed by atoms with Crippen molar-refractivity contribution in [1.82, 2.24) is 0 Å². The number of Topliss-reactive ketones (excluding diaryl/α,β-unsaturated/α-hetero) is 1. The lowest BCUT2D eigenvalue weighted by Gasteiger charge is -2.43. The van der Waals surface area contributed by atoms with Crippen molar-refractivity contribution in [3.8, 4) is 5.75 Å². The number of halogens is 2. The minimum Gasteiger partial charge on any atom is -0.496 e. The summed E-state index contributed by atoms with van der Waals surface area (Å²) in [5.41, 5.74) is 2.32. The van der Waals surface area contributed by atoms with Gasteiger partial charge in [-0.15, -0.1) is 0 Å². The maximum Gasteiger partial charge on any atom is 0.232 e. The summed E-state index contributed by atoms with van der Waals surface area (Å²) in [7, 11) is 1.58. The number of nitrogens with zero attached hydrogens (tertiary/aromatic N) is 1. The number of hydrogen-bond acceptors (Lipinski definition) is 3. The zero-order valence-corrected chi connectivity index (χ0v) is 17.9. The SMILES string of the molecule is COc1ccccc1C1CC(=O)N(c2ccc(F)c(Cl)c2)C2=C1C(=O)CC(C)(C)C2. The van der Waals surface area contributed by atoms with Gasteiger partial charge in [-0.25, -0.2) is 4.39 Å². The molecule has 30 heavy (non-hydrogen) atoms. The molecule has 0 fully saturated rings. The molecule has 1 atom stereocenters. The summed E-state index contributed by atoms with van der Waals surface area (Å²) in [6.45, 7) is 4.03. The fraction of sp³-hybridized carbons (Fsp3) is 0.333. The molecule has 2 aromatic carbocycles. The highest BCUT2D eigenvalue weighted by Gasteiger charge is 2.45. The van der Waals surface area contributed by atoms with Crippen LogP contribution >= 0.6 is 11.6 Å². The molecule has 2 aromatic rings. The average Bonchev–Trinajstić information content (AvgIpc) is 2.68. The molecular weight excluding hydrogens is 405 g/mol. The monoisotopic (exact) mass is 427 g/mol. The van der Waals surface area contributed by atoms with E-state index in [0.717, 1.165) is 5.56 Å². The van der Waals surface area contributed by atoms with Crippen molar-refractivity contribution in [1.29, 1.82) is 0 Å². The van der Waals surface area contributed by atoms with Crippen LogP contribution in [0.1, 0.15) is 44.6 Å². The summed E-state index contributed by atoms with van der Waals surface area (Å²) < 4.78 is 19.2. The molecule has 4 rings (SSSR count). The zero-order chi connectivity index (χ0) is 21.6. The Morgan fingerprint density at radius 1 is 1.13 bits per heavy atom. The van der Waals surface area contributed by atoms with Crippen molar-refractivity contribution in [2.24, 2.45) is 5.41 Å². The molecule has 0 saturated carbocycles. The van der Waals surface area contributed by atoms with Crippen LogP contribution in [-0.2, 0) is 9.59 Å². The molecule has 1 unspecified atom stereocenters. The van der Waals surface area contributed by atoms with Crippen LogP contribution < -0.4 is 9.64 Å². The summed E-state index contributed by atoms with van der Waals surface area (Å²) in [4.78, 5) is 28.2. The van der Waals surface area contributed by atoms with E-state index in [1.165, 1.54) is 18.2 Å². The first-order valence-electron chi connectivity index (χ1n) is 9.89. The maximum atomic E-state index is 13.7. The van der Waals surface area contributed by atoms with Crippen molar-refractivity contribution in [2.75, 3.05) is 12.0 Å². The van der Waals surface area contributed by atoms with Gasteiger partial charge in [0.1, 0.15) is 11.6 Å². The quantitative estimate of drug-likeness (QED) is 0.635. The standard InChI is InChI=1S/C24H23ClFNO3/c1-24(2)12-19-23(20(28)13-24)16(15-6-4-5-7-21(15)30-3)11-22(29)27(19)14-8-9-18(26)17(25)10-14/h4-10,16H,11-13H2,1-3H3. The zero-order valence-electron chi connectivity index (χ0n) is 17.2. The third kappa shape index (κ3) is 3.52. The fourth-order valence-corrected chi connectivity index (χ4v) is 4.73. The molecule has 0 bridgehead atoms. The predicted molar refractivity (Wildman–Crippen MR) is 114 cm³/mol. The molecule has 0 radical (unpaired) electrons. The largest absolute Gasteiger partial charge is 0.496 e. The second kappa shape index (κ2) is 7.55. The molecule has 0 saturated heterocycles. The van der Waals surface area contributed by atoms with Gasteiger partial charge in [0.05, 0.1) is 17.8 Å². The van der Waals surface area contributed by atoms with Crippen molar-refractivity contribution in [3.05, 3.63) is 70.1 Å². The number of ketones is 1. The molecule has 2 aliphatic rings.